The van der Waals surface area contributed by atoms with E-state index in [1.807, 2.05) is 12.1 Å². The van der Waals surface area contributed by atoms with Crippen molar-refractivity contribution in [2.45, 2.75) is 31.7 Å². The summed E-state index contributed by atoms with van der Waals surface area (Å²) in [5.74, 6) is 0.189. The Balaban J connectivity index is 1.88. The molecule has 0 saturated heterocycles. The second-order valence-corrected chi connectivity index (χ2v) is 4.36. The van der Waals surface area contributed by atoms with Crippen molar-refractivity contribution in [2.24, 2.45) is 0 Å². The fourth-order valence-electron chi connectivity index (χ4n) is 2.29. The van der Waals surface area contributed by atoms with Crippen LogP contribution in [0.25, 0.3) is 0 Å². The molecule has 0 radical (unpaired) electrons. The van der Waals surface area contributed by atoms with Crippen LogP contribution in [0.4, 0.5) is 0 Å². The van der Waals surface area contributed by atoms with Gasteiger partial charge in [0.2, 0.25) is 0 Å². The number of rotatable bonds is 4. The van der Waals surface area contributed by atoms with Gasteiger partial charge in [0.1, 0.15) is 0 Å². The second-order valence-electron chi connectivity index (χ2n) is 4.36. The van der Waals surface area contributed by atoms with Crippen LogP contribution in [0.15, 0.2) is 18.3 Å². The molecule has 1 fully saturated rings. The van der Waals surface area contributed by atoms with Gasteiger partial charge in [-0.15, -0.1) is 0 Å². The number of carbonyl (C=O) groups excluding carboxylic acids is 1. The van der Waals surface area contributed by atoms with Crippen molar-refractivity contribution >= 4 is 5.78 Å². The Labute approximate surface area is 90.5 Å². The van der Waals surface area contributed by atoms with Gasteiger partial charge in [-0.05, 0) is 32.0 Å². The number of hydrogen-bond donors (Lipinski definition) is 1. The summed E-state index contributed by atoms with van der Waals surface area (Å²) in [6.45, 7) is 0.533. The van der Waals surface area contributed by atoms with E-state index in [2.05, 4.69) is 16.9 Å². The number of aromatic nitrogens is 1. The minimum absolute atomic E-state index is 0.189. The Morgan fingerprint density at radius 1 is 1.53 bits per heavy atom. The molecule has 1 saturated carbocycles. The lowest BCUT2D eigenvalue weighted by molar-refractivity contribution is 0.0916. The third kappa shape index (κ3) is 2.48. The molecule has 0 spiro atoms. The van der Waals surface area contributed by atoms with E-state index >= 15 is 0 Å². The highest BCUT2D eigenvalue weighted by molar-refractivity contribution is 5.95. The Morgan fingerprint density at radius 3 is 2.87 bits per heavy atom. The number of H-pyrrole nitrogens is 1. The lowest BCUT2D eigenvalue weighted by Crippen LogP contribution is -2.34. The normalized spacial score (nSPS) is 17.5. The van der Waals surface area contributed by atoms with E-state index < -0.39 is 0 Å². The highest BCUT2D eigenvalue weighted by atomic mass is 16.1. The first kappa shape index (κ1) is 10.4. The summed E-state index contributed by atoms with van der Waals surface area (Å²) < 4.78 is 0. The van der Waals surface area contributed by atoms with Gasteiger partial charge in [-0.2, -0.15) is 0 Å². The number of nitrogens with zero attached hydrogens (tertiary/aromatic N) is 1. The zero-order chi connectivity index (χ0) is 10.7. The molecule has 1 N–H and O–H groups in total. The van der Waals surface area contributed by atoms with E-state index in [4.69, 9.17) is 0 Å². The van der Waals surface area contributed by atoms with Gasteiger partial charge in [-0.1, -0.05) is 12.8 Å². The lowest BCUT2D eigenvalue weighted by atomic mass is 10.2. The second kappa shape index (κ2) is 4.62. The maximum Gasteiger partial charge on any atom is 0.192 e. The fourth-order valence-corrected chi connectivity index (χ4v) is 2.29. The fraction of sp³-hybridized carbons (Fsp3) is 0.583. The molecule has 1 aliphatic rings. The average Bonchev–Trinajstić information content (AvgIpc) is 2.91. The van der Waals surface area contributed by atoms with Crippen LogP contribution in [0.5, 0.6) is 0 Å². The zero-order valence-electron chi connectivity index (χ0n) is 9.20. The minimum atomic E-state index is 0.189. The van der Waals surface area contributed by atoms with Crippen molar-refractivity contribution in [1.29, 1.82) is 0 Å². The van der Waals surface area contributed by atoms with Crippen molar-refractivity contribution in [3.05, 3.63) is 24.0 Å². The topological polar surface area (TPSA) is 36.1 Å². The van der Waals surface area contributed by atoms with E-state index in [1.54, 1.807) is 6.20 Å². The quantitative estimate of drug-likeness (QED) is 0.766. The Kier molecular flexibility index (Phi) is 3.21. The van der Waals surface area contributed by atoms with Gasteiger partial charge in [0.25, 0.3) is 0 Å². The monoisotopic (exact) mass is 206 g/mol. The van der Waals surface area contributed by atoms with Crippen LogP contribution in [0.1, 0.15) is 36.2 Å². The van der Waals surface area contributed by atoms with Crippen molar-refractivity contribution in [3.8, 4) is 0 Å². The van der Waals surface area contributed by atoms with Crippen LogP contribution in [-0.4, -0.2) is 35.3 Å². The number of ketones is 1. The SMILES string of the molecule is CN(CC(=O)c1ccc[nH]1)C1CCCC1. The van der Waals surface area contributed by atoms with Gasteiger partial charge in [-0.25, -0.2) is 0 Å². The Hall–Kier alpha value is -1.09. The number of aromatic amines is 1. The van der Waals surface area contributed by atoms with Crippen LogP contribution in [0, 0.1) is 0 Å². The van der Waals surface area contributed by atoms with E-state index in [0.717, 1.165) is 5.69 Å². The summed E-state index contributed by atoms with van der Waals surface area (Å²) in [7, 11) is 2.05. The van der Waals surface area contributed by atoms with Gasteiger partial charge in [-0.3, -0.25) is 9.69 Å². The molecular formula is C12H18N2O. The molecule has 0 amide bonds. The van der Waals surface area contributed by atoms with Crippen LogP contribution in [-0.2, 0) is 0 Å². The van der Waals surface area contributed by atoms with Gasteiger partial charge in [0, 0.05) is 12.2 Å². The molecule has 0 unspecified atom stereocenters. The standard InChI is InChI=1S/C12H18N2O/c1-14(10-5-2-3-6-10)9-12(15)11-7-4-8-13-11/h4,7-8,10,13H,2-3,5-6,9H2,1H3. The molecule has 1 aromatic rings. The molecule has 1 heterocycles. The van der Waals surface area contributed by atoms with Gasteiger partial charge >= 0.3 is 0 Å². The molecule has 1 aromatic heterocycles. The first-order chi connectivity index (χ1) is 7.27. The maximum absolute atomic E-state index is 11.8. The highest BCUT2D eigenvalue weighted by Gasteiger charge is 2.21. The maximum atomic E-state index is 11.8. The smallest absolute Gasteiger partial charge is 0.192 e. The van der Waals surface area contributed by atoms with Gasteiger partial charge in [0.05, 0.1) is 12.2 Å². The first-order valence-corrected chi connectivity index (χ1v) is 5.64. The third-order valence-corrected chi connectivity index (χ3v) is 3.24. The minimum Gasteiger partial charge on any atom is -0.359 e. The molecule has 0 aromatic carbocycles. The summed E-state index contributed by atoms with van der Waals surface area (Å²) in [6.07, 6.45) is 6.91. The number of likely N-dealkylation sites (N-methyl/N-ethyl adjacent to an activating group) is 1. The van der Waals surface area contributed by atoms with Gasteiger partial charge in [0.15, 0.2) is 5.78 Å². The van der Waals surface area contributed by atoms with Crippen LogP contribution in [0.2, 0.25) is 0 Å². The third-order valence-electron chi connectivity index (χ3n) is 3.24. The molecule has 0 atom stereocenters. The van der Waals surface area contributed by atoms with Crippen LogP contribution in [0.3, 0.4) is 0 Å². The summed E-state index contributed by atoms with van der Waals surface area (Å²) >= 11 is 0. The van der Waals surface area contributed by atoms with Crippen LogP contribution >= 0.6 is 0 Å². The number of nitrogens with one attached hydrogen (secondary N) is 1. The first-order valence-electron chi connectivity index (χ1n) is 5.64. The van der Waals surface area contributed by atoms with Crippen molar-refractivity contribution in [3.63, 3.8) is 0 Å². The van der Waals surface area contributed by atoms with Crippen molar-refractivity contribution in [2.75, 3.05) is 13.6 Å². The summed E-state index contributed by atoms with van der Waals surface area (Å²) in [4.78, 5) is 16.9. The molecule has 3 heteroatoms. The molecule has 15 heavy (non-hydrogen) atoms. The number of carbonyl (C=O) groups is 1. The Bertz CT molecular complexity index is 312. The van der Waals surface area contributed by atoms with Crippen molar-refractivity contribution < 1.29 is 4.79 Å². The van der Waals surface area contributed by atoms with Crippen LogP contribution < -0.4 is 0 Å². The molecule has 0 aliphatic heterocycles. The predicted octanol–water partition coefficient (Wildman–Crippen LogP) is 2.07. The average molecular weight is 206 g/mol. The summed E-state index contributed by atoms with van der Waals surface area (Å²) in [5.41, 5.74) is 0.722. The van der Waals surface area contributed by atoms with Gasteiger partial charge < -0.3 is 4.98 Å². The Morgan fingerprint density at radius 2 is 2.27 bits per heavy atom. The highest BCUT2D eigenvalue weighted by Crippen LogP contribution is 2.22. The van der Waals surface area contributed by atoms with E-state index in [-0.39, 0.29) is 5.78 Å². The number of Topliss-reactive ketones (excluding diaryl/α,β-unsaturated/α-hetero) is 1. The molecule has 1 aliphatic carbocycles. The van der Waals surface area contributed by atoms with Crippen molar-refractivity contribution in [1.82, 2.24) is 9.88 Å². The largest absolute Gasteiger partial charge is 0.359 e. The van der Waals surface area contributed by atoms with E-state index in [9.17, 15) is 4.79 Å². The summed E-state index contributed by atoms with van der Waals surface area (Å²) in [6, 6.07) is 4.32. The molecule has 0 bridgehead atoms. The zero-order valence-corrected chi connectivity index (χ0v) is 9.20. The van der Waals surface area contributed by atoms with E-state index in [0.29, 0.717) is 12.6 Å². The molecule has 2 rings (SSSR count). The lowest BCUT2D eigenvalue weighted by Gasteiger charge is -2.22. The molecule has 3 nitrogen and oxygen atoms in total. The van der Waals surface area contributed by atoms with E-state index in [1.165, 1.54) is 25.7 Å². The molecule has 82 valence electrons. The summed E-state index contributed by atoms with van der Waals surface area (Å²) in [5, 5.41) is 0. The number of hydrogen-bond acceptors (Lipinski definition) is 2. The molecular weight excluding hydrogens is 188 g/mol. The predicted molar refractivity (Wildman–Crippen MR) is 60.0 cm³/mol.